The van der Waals surface area contributed by atoms with E-state index in [1.165, 1.54) is 23.3 Å². The number of thiophene rings is 1. The van der Waals surface area contributed by atoms with Gasteiger partial charge in [0.2, 0.25) is 0 Å². The number of methoxy groups -OCH3 is 1. The maximum Gasteiger partial charge on any atom is 0.265 e. The molecule has 0 aliphatic carbocycles. The van der Waals surface area contributed by atoms with Gasteiger partial charge in [0.1, 0.15) is 5.75 Å². The predicted octanol–water partition coefficient (Wildman–Crippen LogP) is 3.02. The van der Waals surface area contributed by atoms with E-state index >= 15 is 0 Å². The number of nitrogens with zero attached hydrogens (tertiary/aromatic N) is 1. The Kier molecular flexibility index (Phi) is 4.82. The van der Waals surface area contributed by atoms with Crippen LogP contribution in [0.25, 0.3) is 0 Å². The Hall–Kier alpha value is -2.34. The topological polar surface area (TPSA) is 58.6 Å². The van der Waals surface area contributed by atoms with Crippen molar-refractivity contribution in [3.8, 4) is 5.75 Å². The largest absolute Gasteiger partial charge is 0.496 e. The Morgan fingerprint density at radius 3 is 2.50 bits per heavy atom. The molecule has 0 saturated carbocycles. The number of carbonyl (C=O) groups excluding carboxylic acids is 2. The van der Waals surface area contributed by atoms with E-state index in [0.29, 0.717) is 21.9 Å². The Balaban J connectivity index is 2.29. The molecule has 2 amide bonds. The van der Waals surface area contributed by atoms with Crippen LogP contribution in [0.1, 0.15) is 25.6 Å². The van der Waals surface area contributed by atoms with Gasteiger partial charge in [0.25, 0.3) is 11.8 Å². The fourth-order valence-electron chi connectivity index (χ4n) is 1.99. The van der Waals surface area contributed by atoms with E-state index in [0.717, 1.165) is 5.56 Å². The van der Waals surface area contributed by atoms with Gasteiger partial charge in [-0.05, 0) is 42.1 Å². The molecule has 0 atom stereocenters. The Labute approximate surface area is 133 Å². The lowest BCUT2D eigenvalue weighted by Gasteiger charge is -2.15. The van der Waals surface area contributed by atoms with Crippen molar-refractivity contribution < 1.29 is 14.3 Å². The molecule has 1 heterocycles. The predicted molar refractivity (Wildman–Crippen MR) is 88.0 cm³/mol. The summed E-state index contributed by atoms with van der Waals surface area (Å²) >= 11 is 1.39. The first-order valence-corrected chi connectivity index (χ1v) is 7.57. The third-order valence-corrected chi connectivity index (χ3v) is 4.18. The molecule has 22 heavy (non-hydrogen) atoms. The van der Waals surface area contributed by atoms with E-state index in [-0.39, 0.29) is 11.8 Å². The standard InChI is InChI=1S/C16H18N2O3S/c1-10-7-8-22-14(10)15(19)17-11-5-6-13(21-4)12(9-11)16(20)18(2)3/h5-9H,1-4H3,(H,17,19). The average molecular weight is 318 g/mol. The molecular weight excluding hydrogens is 300 g/mol. The van der Waals surface area contributed by atoms with E-state index < -0.39 is 0 Å². The van der Waals surface area contributed by atoms with Crippen LogP contribution in [0.15, 0.2) is 29.6 Å². The first kappa shape index (κ1) is 16.0. The number of hydrogen-bond donors (Lipinski definition) is 1. The van der Waals surface area contributed by atoms with Crippen LogP contribution < -0.4 is 10.1 Å². The molecule has 2 aromatic rings. The summed E-state index contributed by atoms with van der Waals surface area (Å²) in [5.74, 6) is 0.116. The van der Waals surface area contributed by atoms with Gasteiger partial charge in [0, 0.05) is 19.8 Å². The Morgan fingerprint density at radius 2 is 1.95 bits per heavy atom. The van der Waals surface area contributed by atoms with Gasteiger partial charge in [0.05, 0.1) is 17.6 Å². The SMILES string of the molecule is COc1ccc(NC(=O)c2sccc2C)cc1C(=O)N(C)C. The number of carbonyl (C=O) groups is 2. The lowest BCUT2D eigenvalue weighted by atomic mass is 10.1. The minimum Gasteiger partial charge on any atom is -0.496 e. The molecule has 6 heteroatoms. The second-order valence-electron chi connectivity index (χ2n) is 5.00. The van der Waals surface area contributed by atoms with Gasteiger partial charge < -0.3 is 15.0 Å². The van der Waals surface area contributed by atoms with Crippen LogP contribution in [-0.2, 0) is 0 Å². The van der Waals surface area contributed by atoms with E-state index in [1.54, 1.807) is 32.3 Å². The van der Waals surface area contributed by atoms with Crippen molar-refractivity contribution in [1.82, 2.24) is 4.90 Å². The highest BCUT2D eigenvalue weighted by Gasteiger charge is 2.17. The van der Waals surface area contributed by atoms with Crippen molar-refractivity contribution in [3.63, 3.8) is 0 Å². The lowest BCUT2D eigenvalue weighted by molar-refractivity contribution is 0.0824. The molecule has 0 radical (unpaired) electrons. The van der Waals surface area contributed by atoms with Crippen LogP contribution in [0.3, 0.4) is 0 Å². The van der Waals surface area contributed by atoms with Crippen LogP contribution in [0.2, 0.25) is 0 Å². The fourth-order valence-corrected chi connectivity index (χ4v) is 2.81. The summed E-state index contributed by atoms with van der Waals surface area (Å²) in [5, 5.41) is 4.69. The van der Waals surface area contributed by atoms with Gasteiger partial charge in [-0.1, -0.05) is 0 Å². The second kappa shape index (κ2) is 6.62. The maximum absolute atomic E-state index is 12.2. The first-order valence-electron chi connectivity index (χ1n) is 6.69. The van der Waals surface area contributed by atoms with Crippen LogP contribution in [0.4, 0.5) is 5.69 Å². The molecule has 0 unspecified atom stereocenters. The summed E-state index contributed by atoms with van der Waals surface area (Å²) in [4.78, 5) is 26.5. The highest BCUT2D eigenvalue weighted by atomic mass is 32.1. The van der Waals surface area contributed by atoms with Gasteiger partial charge in [-0.25, -0.2) is 0 Å². The van der Waals surface area contributed by atoms with Crippen LogP contribution in [-0.4, -0.2) is 37.9 Å². The average Bonchev–Trinajstić information content (AvgIpc) is 2.92. The monoisotopic (exact) mass is 318 g/mol. The molecule has 116 valence electrons. The van der Waals surface area contributed by atoms with Crippen molar-refractivity contribution in [1.29, 1.82) is 0 Å². The summed E-state index contributed by atoms with van der Waals surface area (Å²) in [6.45, 7) is 1.89. The van der Waals surface area contributed by atoms with Crippen LogP contribution in [0.5, 0.6) is 5.75 Å². The van der Waals surface area contributed by atoms with E-state index in [2.05, 4.69) is 5.32 Å². The molecule has 1 aromatic heterocycles. The van der Waals surface area contributed by atoms with Gasteiger partial charge >= 0.3 is 0 Å². The molecule has 2 rings (SSSR count). The summed E-state index contributed by atoms with van der Waals surface area (Å²) in [6.07, 6.45) is 0. The molecule has 1 aromatic carbocycles. The molecule has 0 aliphatic heterocycles. The molecule has 0 aliphatic rings. The number of aryl methyl sites for hydroxylation is 1. The zero-order chi connectivity index (χ0) is 16.3. The quantitative estimate of drug-likeness (QED) is 0.942. The van der Waals surface area contributed by atoms with Gasteiger partial charge in [-0.2, -0.15) is 0 Å². The molecule has 5 nitrogen and oxygen atoms in total. The van der Waals surface area contributed by atoms with Gasteiger partial charge in [-0.15, -0.1) is 11.3 Å². The van der Waals surface area contributed by atoms with Gasteiger partial charge in [0.15, 0.2) is 0 Å². The Bertz CT molecular complexity index is 707. The number of nitrogens with one attached hydrogen (secondary N) is 1. The second-order valence-corrected chi connectivity index (χ2v) is 5.92. The van der Waals surface area contributed by atoms with Crippen molar-refractivity contribution in [2.45, 2.75) is 6.92 Å². The highest BCUT2D eigenvalue weighted by Crippen LogP contribution is 2.25. The summed E-state index contributed by atoms with van der Waals surface area (Å²) in [5.41, 5.74) is 1.90. The summed E-state index contributed by atoms with van der Waals surface area (Å²) < 4.78 is 5.21. The minimum absolute atomic E-state index is 0.180. The number of ether oxygens (including phenoxy) is 1. The highest BCUT2D eigenvalue weighted by molar-refractivity contribution is 7.12. The zero-order valence-corrected chi connectivity index (χ0v) is 13.8. The van der Waals surface area contributed by atoms with Crippen molar-refractivity contribution in [2.24, 2.45) is 0 Å². The number of benzene rings is 1. The van der Waals surface area contributed by atoms with Gasteiger partial charge in [-0.3, -0.25) is 9.59 Å². The molecule has 0 spiro atoms. The third-order valence-electron chi connectivity index (χ3n) is 3.16. The van der Waals surface area contributed by atoms with Crippen LogP contribution in [0, 0.1) is 6.92 Å². The number of amides is 2. The molecule has 0 bridgehead atoms. The van der Waals surface area contributed by atoms with Crippen molar-refractivity contribution in [2.75, 3.05) is 26.5 Å². The number of anilines is 1. The first-order chi connectivity index (χ1) is 10.4. The smallest absolute Gasteiger partial charge is 0.265 e. The van der Waals surface area contributed by atoms with E-state index in [1.807, 2.05) is 18.4 Å². The van der Waals surface area contributed by atoms with Crippen molar-refractivity contribution in [3.05, 3.63) is 45.6 Å². The van der Waals surface area contributed by atoms with E-state index in [4.69, 9.17) is 4.74 Å². The molecule has 1 N–H and O–H groups in total. The van der Waals surface area contributed by atoms with E-state index in [9.17, 15) is 9.59 Å². The molecular formula is C16H18N2O3S. The summed E-state index contributed by atoms with van der Waals surface area (Å²) in [6, 6.07) is 6.91. The number of rotatable bonds is 4. The normalized spacial score (nSPS) is 10.2. The maximum atomic E-state index is 12.2. The van der Waals surface area contributed by atoms with Crippen LogP contribution >= 0.6 is 11.3 Å². The lowest BCUT2D eigenvalue weighted by Crippen LogP contribution is -2.22. The van der Waals surface area contributed by atoms with Crippen molar-refractivity contribution >= 4 is 28.8 Å². The molecule has 0 fully saturated rings. The zero-order valence-electron chi connectivity index (χ0n) is 13.0. The fraction of sp³-hybridized carbons (Fsp3) is 0.250. The minimum atomic E-state index is -0.180. The molecule has 0 saturated heterocycles. The summed E-state index contributed by atoms with van der Waals surface area (Å²) in [7, 11) is 4.85. The Morgan fingerprint density at radius 1 is 1.23 bits per heavy atom. The number of hydrogen-bond acceptors (Lipinski definition) is 4. The third kappa shape index (κ3) is 3.28.